The molecule has 2 heterocycles. The van der Waals surface area contributed by atoms with Crippen molar-refractivity contribution in [3.05, 3.63) is 60.1 Å². The van der Waals surface area contributed by atoms with E-state index >= 15 is 0 Å². The Morgan fingerprint density at radius 2 is 1.76 bits per heavy atom. The lowest BCUT2D eigenvalue weighted by Crippen LogP contribution is -2.53. The van der Waals surface area contributed by atoms with Crippen LogP contribution in [-0.4, -0.2) is 17.1 Å². The molecule has 1 aromatic carbocycles. The van der Waals surface area contributed by atoms with E-state index in [4.69, 9.17) is 4.42 Å². The van der Waals surface area contributed by atoms with Crippen molar-refractivity contribution in [1.29, 1.82) is 0 Å². The zero-order chi connectivity index (χ0) is 14.7. The summed E-state index contributed by atoms with van der Waals surface area (Å²) in [5.74, 6) is 0.964. The summed E-state index contributed by atoms with van der Waals surface area (Å²) in [6.07, 6.45) is 5.56. The average Bonchev–Trinajstić information content (AvgIpc) is 3.02. The predicted octanol–water partition coefficient (Wildman–Crippen LogP) is 4.14. The molecule has 1 aromatic heterocycles. The molecule has 1 fully saturated rings. The normalized spacial score (nSPS) is 24.9. The minimum absolute atomic E-state index is 0.0733. The highest BCUT2D eigenvalue weighted by molar-refractivity contribution is 5.26. The Hall–Kier alpha value is -1.58. The fraction of sp³-hybridized carbons (Fsp3) is 0.444. The maximum absolute atomic E-state index is 5.67. The Bertz CT molecular complexity index is 528. The summed E-state index contributed by atoms with van der Waals surface area (Å²) in [5.41, 5.74) is 4.95. The van der Waals surface area contributed by atoms with E-state index < -0.39 is 0 Å². The van der Waals surface area contributed by atoms with E-state index in [1.165, 1.54) is 24.8 Å². The molecule has 0 spiro atoms. The van der Waals surface area contributed by atoms with Crippen molar-refractivity contribution in [2.75, 3.05) is 0 Å². The molecule has 21 heavy (non-hydrogen) atoms. The van der Waals surface area contributed by atoms with E-state index in [1.807, 2.05) is 12.1 Å². The second kappa shape index (κ2) is 6.46. The lowest BCUT2D eigenvalue weighted by atomic mass is 9.99. The van der Waals surface area contributed by atoms with Gasteiger partial charge in [-0.2, -0.15) is 0 Å². The summed E-state index contributed by atoms with van der Waals surface area (Å²) in [6.45, 7) is 4.60. The van der Waals surface area contributed by atoms with Gasteiger partial charge in [0, 0.05) is 12.1 Å². The molecular formula is C18H24N2O. The van der Waals surface area contributed by atoms with Crippen LogP contribution in [0.5, 0.6) is 0 Å². The largest absolute Gasteiger partial charge is 0.467 e. The third-order valence-corrected chi connectivity index (χ3v) is 4.43. The number of hydrazine groups is 1. The van der Waals surface area contributed by atoms with Gasteiger partial charge in [-0.05, 0) is 44.4 Å². The van der Waals surface area contributed by atoms with Crippen LogP contribution in [0.2, 0.25) is 0 Å². The zero-order valence-corrected chi connectivity index (χ0v) is 12.8. The smallest absolute Gasteiger partial charge is 0.126 e. The van der Waals surface area contributed by atoms with Crippen molar-refractivity contribution in [3.63, 3.8) is 0 Å². The van der Waals surface area contributed by atoms with Gasteiger partial charge in [0.2, 0.25) is 0 Å². The van der Waals surface area contributed by atoms with Crippen LogP contribution in [-0.2, 0) is 0 Å². The van der Waals surface area contributed by atoms with Crippen LogP contribution in [0.4, 0.5) is 0 Å². The van der Waals surface area contributed by atoms with Gasteiger partial charge in [-0.1, -0.05) is 36.8 Å². The maximum Gasteiger partial charge on any atom is 0.126 e. The molecule has 0 bridgehead atoms. The lowest BCUT2D eigenvalue weighted by Gasteiger charge is -2.41. The third kappa shape index (κ3) is 3.20. The molecule has 0 aliphatic carbocycles. The molecule has 1 aliphatic heterocycles. The van der Waals surface area contributed by atoms with Gasteiger partial charge in [-0.15, -0.1) is 0 Å². The van der Waals surface area contributed by atoms with E-state index in [2.05, 4.69) is 54.6 Å². The van der Waals surface area contributed by atoms with Gasteiger partial charge in [0.25, 0.3) is 0 Å². The fourth-order valence-corrected chi connectivity index (χ4v) is 3.23. The molecule has 112 valence electrons. The molecule has 1 aliphatic rings. The molecule has 3 nitrogen and oxygen atoms in total. The SMILES string of the molecule is CC1CCCC(C)N1NC(c1ccccc1)c1ccco1. The topological polar surface area (TPSA) is 28.4 Å². The van der Waals surface area contributed by atoms with Crippen LogP contribution in [0.3, 0.4) is 0 Å². The number of furan rings is 1. The molecular weight excluding hydrogens is 260 g/mol. The number of hydrogen-bond donors (Lipinski definition) is 1. The Labute approximate surface area is 126 Å². The zero-order valence-electron chi connectivity index (χ0n) is 12.8. The van der Waals surface area contributed by atoms with E-state index in [-0.39, 0.29) is 6.04 Å². The molecule has 1 N–H and O–H groups in total. The summed E-state index contributed by atoms with van der Waals surface area (Å²) in [4.78, 5) is 0. The van der Waals surface area contributed by atoms with Gasteiger partial charge in [0.1, 0.15) is 11.8 Å². The first-order valence-corrected chi connectivity index (χ1v) is 7.88. The predicted molar refractivity (Wildman–Crippen MR) is 84.7 cm³/mol. The van der Waals surface area contributed by atoms with Gasteiger partial charge in [-0.3, -0.25) is 0 Å². The second-order valence-electron chi connectivity index (χ2n) is 6.02. The van der Waals surface area contributed by atoms with Crippen molar-refractivity contribution in [1.82, 2.24) is 10.4 Å². The van der Waals surface area contributed by atoms with Crippen LogP contribution in [0, 0.1) is 0 Å². The molecule has 3 rings (SSSR count). The Kier molecular flexibility index (Phi) is 4.42. The standard InChI is InChI=1S/C18H24N2O/c1-14-8-6-9-15(2)20(14)19-18(17-12-7-13-21-17)16-10-4-3-5-11-16/h3-5,7,10-15,18-19H,6,8-9H2,1-2H3. The second-order valence-corrected chi connectivity index (χ2v) is 6.02. The summed E-state index contributed by atoms with van der Waals surface area (Å²) in [7, 11) is 0. The number of hydrogen-bond acceptors (Lipinski definition) is 3. The molecule has 2 aromatic rings. The number of nitrogens with zero attached hydrogens (tertiary/aromatic N) is 1. The Morgan fingerprint density at radius 1 is 1.05 bits per heavy atom. The average molecular weight is 284 g/mol. The van der Waals surface area contributed by atoms with Crippen molar-refractivity contribution >= 4 is 0 Å². The van der Waals surface area contributed by atoms with Gasteiger partial charge < -0.3 is 4.42 Å². The quantitative estimate of drug-likeness (QED) is 0.914. The lowest BCUT2D eigenvalue weighted by molar-refractivity contribution is 0.0322. The van der Waals surface area contributed by atoms with Crippen molar-refractivity contribution in [3.8, 4) is 0 Å². The highest BCUT2D eigenvalue weighted by Gasteiger charge is 2.28. The Morgan fingerprint density at radius 3 is 2.38 bits per heavy atom. The van der Waals surface area contributed by atoms with Gasteiger partial charge in [-0.25, -0.2) is 10.4 Å². The van der Waals surface area contributed by atoms with Crippen LogP contribution >= 0.6 is 0 Å². The van der Waals surface area contributed by atoms with Crippen LogP contribution < -0.4 is 5.43 Å². The van der Waals surface area contributed by atoms with Crippen LogP contribution in [0.25, 0.3) is 0 Å². The van der Waals surface area contributed by atoms with E-state index in [0.717, 1.165) is 5.76 Å². The summed E-state index contributed by atoms with van der Waals surface area (Å²) in [6, 6.07) is 15.7. The summed E-state index contributed by atoms with van der Waals surface area (Å²) >= 11 is 0. The molecule has 3 atom stereocenters. The van der Waals surface area contributed by atoms with Crippen LogP contribution in [0.1, 0.15) is 50.5 Å². The van der Waals surface area contributed by atoms with Crippen LogP contribution in [0.15, 0.2) is 53.1 Å². The highest BCUT2D eigenvalue weighted by atomic mass is 16.3. The molecule has 3 heteroatoms. The molecule has 0 saturated carbocycles. The minimum Gasteiger partial charge on any atom is -0.467 e. The first kappa shape index (κ1) is 14.4. The molecule has 1 saturated heterocycles. The number of benzene rings is 1. The van der Waals surface area contributed by atoms with Crippen molar-refractivity contribution < 1.29 is 4.42 Å². The van der Waals surface area contributed by atoms with Gasteiger partial charge in [0.05, 0.1) is 6.26 Å². The third-order valence-electron chi connectivity index (χ3n) is 4.43. The van der Waals surface area contributed by atoms with Gasteiger partial charge >= 0.3 is 0 Å². The number of nitrogens with one attached hydrogen (secondary N) is 1. The first-order valence-electron chi connectivity index (χ1n) is 7.88. The maximum atomic E-state index is 5.67. The van der Waals surface area contributed by atoms with Crippen molar-refractivity contribution in [2.24, 2.45) is 0 Å². The number of rotatable bonds is 4. The molecule has 0 radical (unpaired) electrons. The van der Waals surface area contributed by atoms with E-state index in [1.54, 1.807) is 6.26 Å². The summed E-state index contributed by atoms with van der Waals surface area (Å²) in [5, 5.41) is 2.41. The number of piperidine rings is 1. The molecule has 3 unspecified atom stereocenters. The van der Waals surface area contributed by atoms with Crippen molar-refractivity contribution in [2.45, 2.75) is 51.2 Å². The Balaban J connectivity index is 1.86. The monoisotopic (exact) mass is 284 g/mol. The minimum atomic E-state index is 0.0733. The summed E-state index contributed by atoms with van der Waals surface area (Å²) < 4.78 is 5.67. The van der Waals surface area contributed by atoms with E-state index in [9.17, 15) is 0 Å². The highest BCUT2D eigenvalue weighted by Crippen LogP contribution is 2.27. The molecule has 0 amide bonds. The first-order chi connectivity index (χ1) is 10.3. The van der Waals surface area contributed by atoms with Gasteiger partial charge in [0.15, 0.2) is 0 Å². The van der Waals surface area contributed by atoms with E-state index in [0.29, 0.717) is 12.1 Å². The fourth-order valence-electron chi connectivity index (χ4n) is 3.23.